The lowest BCUT2D eigenvalue weighted by atomic mass is 10.2. The van der Waals surface area contributed by atoms with Crippen molar-refractivity contribution in [3.05, 3.63) is 34.4 Å². The summed E-state index contributed by atoms with van der Waals surface area (Å²) in [5.74, 6) is 0.172. The maximum Gasteiger partial charge on any atom is 0.269 e. The molecule has 2 aromatic rings. The van der Waals surface area contributed by atoms with Crippen molar-refractivity contribution in [1.29, 1.82) is 0 Å². The number of H-pyrrole nitrogens is 1. The highest BCUT2D eigenvalue weighted by molar-refractivity contribution is 7.90. The number of aromatic nitrogens is 3. The summed E-state index contributed by atoms with van der Waals surface area (Å²) in [4.78, 5) is 13.8. The van der Waals surface area contributed by atoms with Gasteiger partial charge in [0, 0.05) is 24.0 Å². The fraction of sp³-hybridized carbons (Fsp3) is 0.111. The molecule has 0 aliphatic carbocycles. The molecule has 0 amide bonds. The minimum Gasteiger partial charge on any atom is -0.258 e. The summed E-state index contributed by atoms with van der Waals surface area (Å²) in [5.41, 5.74) is 0.435. The summed E-state index contributed by atoms with van der Waals surface area (Å²) in [5, 5.41) is 16.3. The molecule has 0 unspecified atom stereocenters. The van der Waals surface area contributed by atoms with Gasteiger partial charge in [-0.05, 0) is 12.1 Å². The van der Waals surface area contributed by atoms with E-state index in [1.807, 2.05) is 0 Å². The van der Waals surface area contributed by atoms with Crippen molar-refractivity contribution < 1.29 is 13.3 Å². The first-order chi connectivity index (χ1) is 8.38. The molecule has 0 saturated carbocycles. The van der Waals surface area contributed by atoms with Crippen LogP contribution >= 0.6 is 0 Å². The first-order valence-electron chi connectivity index (χ1n) is 4.75. The Labute approximate surface area is 102 Å². The Morgan fingerprint density at radius 3 is 2.33 bits per heavy atom. The maximum absolute atomic E-state index is 11.2. The molecule has 1 aromatic carbocycles. The standard InChI is InChI=1S/C9H8N4O4S/c1-18(16,17)9-10-8(11-12-9)6-2-4-7(5-3-6)13(14)15/h2-5H,1H3,(H,10,11,12). The number of hydrogen-bond donors (Lipinski definition) is 1. The molecule has 1 aromatic heterocycles. The fourth-order valence-corrected chi connectivity index (χ4v) is 1.74. The van der Waals surface area contributed by atoms with Crippen LogP contribution in [0.5, 0.6) is 0 Å². The highest BCUT2D eigenvalue weighted by Gasteiger charge is 2.15. The van der Waals surface area contributed by atoms with E-state index in [1.165, 1.54) is 24.3 Å². The van der Waals surface area contributed by atoms with E-state index in [0.717, 1.165) is 6.26 Å². The van der Waals surface area contributed by atoms with Crippen molar-refractivity contribution in [1.82, 2.24) is 15.2 Å². The summed E-state index contributed by atoms with van der Waals surface area (Å²) in [6, 6.07) is 5.50. The van der Waals surface area contributed by atoms with E-state index in [1.54, 1.807) is 0 Å². The van der Waals surface area contributed by atoms with E-state index in [9.17, 15) is 18.5 Å². The number of hydrogen-bond acceptors (Lipinski definition) is 6. The van der Waals surface area contributed by atoms with Crippen molar-refractivity contribution in [2.24, 2.45) is 0 Å². The average Bonchev–Trinajstić information content (AvgIpc) is 2.78. The number of sulfone groups is 1. The molecule has 0 spiro atoms. The van der Waals surface area contributed by atoms with Gasteiger partial charge in [-0.1, -0.05) is 0 Å². The Bertz CT molecular complexity index is 690. The van der Waals surface area contributed by atoms with E-state index in [0.29, 0.717) is 5.56 Å². The van der Waals surface area contributed by atoms with Crippen LogP contribution in [0.15, 0.2) is 29.4 Å². The van der Waals surface area contributed by atoms with Gasteiger partial charge in [0.1, 0.15) is 0 Å². The predicted octanol–water partition coefficient (Wildman–Crippen LogP) is 0.783. The van der Waals surface area contributed by atoms with Crippen LogP contribution < -0.4 is 0 Å². The Morgan fingerprint density at radius 2 is 1.89 bits per heavy atom. The van der Waals surface area contributed by atoms with E-state index < -0.39 is 14.8 Å². The van der Waals surface area contributed by atoms with Gasteiger partial charge < -0.3 is 0 Å². The summed E-state index contributed by atoms with van der Waals surface area (Å²) in [7, 11) is -3.45. The van der Waals surface area contributed by atoms with Gasteiger partial charge in [0.2, 0.25) is 15.0 Å². The Kier molecular flexibility index (Phi) is 2.83. The van der Waals surface area contributed by atoms with Gasteiger partial charge in [0.05, 0.1) is 4.92 Å². The molecule has 0 saturated heterocycles. The number of nitro benzene ring substituents is 1. The lowest BCUT2D eigenvalue weighted by molar-refractivity contribution is -0.384. The lowest BCUT2D eigenvalue weighted by Crippen LogP contribution is -1.99. The van der Waals surface area contributed by atoms with Crippen molar-refractivity contribution in [3.8, 4) is 11.4 Å². The summed E-state index contributed by atoms with van der Waals surface area (Å²) in [6.45, 7) is 0. The molecule has 9 heteroatoms. The van der Waals surface area contributed by atoms with Gasteiger partial charge in [0.25, 0.3) is 5.69 Å². The first-order valence-corrected chi connectivity index (χ1v) is 6.64. The predicted molar refractivity (Wildman–Crippen MR) is 61.6 cm³/mol. The summed E-state index contributed by atoms with van der Waals surface area (Å²) in [6.07, 6.45) is 1.01. The molecule has 0 fully saturated rings. The van der Waals surface area contributed by atoms with Gasteiger partial charge in [0.15, 0.2) is 5.82 Å². The molecule has 0 aliphatic heterocycles. The zero-order valence-corrected chi connectivity index (χ0v) is 10.0. The van der Waals surface area contributed by atoms with E-state index in [4.69, 9.17) is 0 Å². The molecule has 1 N–H and O–H groups in total. The zero-order chi connectivity index (χ0) is 13.3. The van der Waals surface area contributed by atoms with Crippen molar-refractivity contribution in [2.45, 2.75) is 5.16 Å². The molecular formula is C9H8N4O4S. The molecule has 0 bridgehead atoms. The molecule has 8 nitrogen and oxygen atoms in total. The highest BCUT2D eigenvalue weighted by Crippen LogP contribution is 2.19. The third kappa shape index (κ3) is 2.35. The Morgan fingerprint density at radius 1 is 1.28 bits per heavy atom. The van der Waals surface area contributed by atoms with Gasteiger partial charge in [-0.2, -0.15) is 10.1 Å². The van der Waals surface area contributed by atoms with Crippen LogP contribution in [0.25, 0.3) is 11.4 Å². The van der Waals surface area contributed by atoms with E-state index >= 15 is 0 Å². The van der Waals surface area contributed by atoms with Gasteiger partial charge in [-0.3, -0.25) is 10.1 Å². The van der Waals surface area contributed by atoms with Crippen molar-refractivity contribution in [2.75, 3.05) is 6.26 Å². The second-order valence-corrected chi connectivity index (χ2v) is 5.47. The molecular weight excluding hydrogens is 260 g/mol. The fourth-order valence-electron chi connectivity index (χ4n) is 1.27. The first kappa shape index (κ1) is 12.2. The van der Waals surface area contributed by atoms with Gasteiger partial charge in [-0.15, -0.1) is 0 Å². The SMILES string of the molecule is CS(=O)(=O)c1nc(-c2ccc([N+](=O)[O-])cc2)n[nH]1. The number of aromatic amines is 1. The summed E-state index contributed by atoms with van der Waals surface area (Å²) < 4.78 is 22.4. The largest absolute Gasteiger partial charge is 0.269 e. The maximum atomic E-state index is 11.2. The highest BCUT2D eigenvalue weighted by atomic mass is 32.2. The Hall–Kier alpha value is -2.29. The molecule has 18 heavy (non-hydrogen) atoms. The minimum absolute atomic E-state index is 0.0578. The molecule has 0 radical (unpaired) electrons. The van der Waals surface area contributed by atoms with Gasteiger partial charge in [-0.25, -0.2) is 13.5 Å². The number of rotatable bonds is 3. The third-order valence-corrected chi connectivity index (χ3v) is 3.04. The second-order valence-electron chi connectivity index (χ2n) is 3.54. The van der Waals surface area contributed by atoms with Crippen LogP contribution in [-0.2, 0) is 9.84 Å². The lowest BCUT2D eigenvalue weighted by Gasteiger charge is -1.94. The summed E-state index contributed by atoms with van der Waals surface area (Å²) >= 11 is 0. The number of nitrogens with one attached hydrogen (secondary N) is 1. The normalized spacial score (nSPS) is 11.4. The minimum atomic E-state index is -3.45. The Balaban J connectivity index is 2.38. The average molecular weight is 268 g/mol. The number of nitro groups is 1. The third-order valence-electron chi connectivity index (χ3n) is 2.15. The molecule has 0 atom stereocenters. The van der Waals surface area contributed by atoms with Crippen molar-refractivity contribution in [3.63, 3.8) is 0 Å². The number of non-ortho nitro benzene ring substituents is 1. The van der Waals surface area contributed by atoms with E-state index in [-0.39, 0.29) is 16.7 Å². The number of nitrogens with zero attached hydrogens (tertiary/aromatic N) is 3. The van der Waals surface area contributed by atoms with Crippen LogP contribution in [0.1, 0.15) is 0 Å². The zero-order valence-electron chi connectivity index (χ0n) is 9.19. The second kappa shape index (κ2) is 4.18. The topological polar surface area (TPSA) is 119 Å². The van der Waals surface area contributed by atoms with Crippen LogP contribution in [0.3, 0.4) is 0 Å². The quantitative estimate of drug-likeness (QED) is 0.649. The van der Waals surface area contributed by atoms with Gasteiger partial charge >= 0.3 is 0 Å². The van der Waals surface area contributed by atoms with Crippen molar-refractivity contribution >= 4 is 15.5 Å². The molecule has 0 aliphatic rings. The molecule has 1 heterocycles. The number of benzene rings is 1. The van der Waals surface area contributed by atoms with Crippen LogP contribution in [0, 0.1) is 10.1 Å². The van der Waals surface area contributed by atoms with Crippen LogP contribution in [0.2, 0.25) is 0 Å². The molecule has 2 rings (SSSR count). The van der Waals surface area contributed by atoms with Crippen LogP contribution in [-0.4, -0.2) is 34.8 Å². The molecule has 94 valence electrons. The monoisotopic (exact) mass is 268 g/mol. The smallest absolute Gasteiger partial charge is 0.258 e. The van der Waals surface area contributed by atoms with E-state index in [2.05, 4.69) is 15.2 Å². The van der Waals surface area contributed by atoms with Crippen LogP contribution in [0.4, 0.5) is 5.69 Å².